The summed E-state index contributed by atoms with van der Waals surface area (Å²) in [6.07, 6.45) is 0. The molecule has 0 aromatic heterocycles. The van der Waals surface area contributed by atoms with Gasteiger partial charge in [-0.3, -0.25) is 4.99 Å². The lowest BCUT2D eigenvalue weighted by molar-refractivity contribution is 0.355. The minimum atomic E-state index is -0.586. The zero-order chi connectivity index (χ0) is 19.1. The van der Waals surface area contributed by atoms with Gasteiger partial charge in [0.25, 0.3) is 0 Å². The van der Waals surface area contributed by atoms with E-state index in [1.807, 2.05) is 13.0 Å². The Morgan fingerprint density at radius 3 is 2.42 bits per heavy atom. The number of anilines is 1. The van der Waals surface area contributed by atoms with Crippen molar-refractivity contribution in [3.63, 3.8) is 0 Å². The fraction of sp³-hybridized carbons (Fsp3) is 0.316. The number of halogens is 2. The van der Waals surface area contributed by atoms with E-state index in [2.05, 4.69) is 15.6 Å². The van der Waals surface area contributed by atoms with Gasteiger partial charge in [0.1, 0.15) is 11.6 Å². The van der Waals surface area contributed by atoms with Crippen molar-refractivity contribution in [1.82, 2.24) is 5.32 Å². The molecule has 0 radical (unpaired) electrons. The Kier molecular flexibility index (Phi) is 6.77. The lowest BCUT2D eigenvalue weighted by Crippen LogP contribution is -2.33. The Morgan fingerprint density at radius 2 is 1.81 bits per heavy atom. The average molecular weight is 363 g/mol. The summed E-state index contributed by atoms with van der Waals surface area (Å²) in [4.78, 5) is 4.15. The van der Waals surface area contributed by atoms with Crippen LogP contribution in [0, 0.1) is 11.6 Å². The van der Waals surface area contributed by atoms with Crippen LogP contribution in [0.5, 0.6) is 11.5 Å². The molecule has 2 aromatic rings. The van der Waals surface area contributed by atoms with Crippen molar-refractivity contribution in [1.29, 1.82) is 0 Å². The quantitative estimate of drug-likeness (QED) is 0.606. The monoisotopic (exact) mass is 363 g/mol. The molecular weight excluding hydrogens is 340 g/mol. The molecular formula is C19H23F2N3O2. The molecule has 5 nitrogen and oxygen atoms in total. The van der Waals surface area contributed by atoms with Gasteiger partial charge in [-0.1, -0.05) is 13.0 Å². The SMILES string of the molecule is CN=C(NCC(C)c1ccc(F)cc1F)Nc1ccc(OC)c(OC)c1. The molecule has 0 heterocycles. The Balaban J connectivity index is 2.01. The predicted octanol–water partition coefficient (Wildman–Crippen LogP) is 3.77. The second kappa shape index (κ2) is 9.03. The Bertz CT molecular complexity index is 781. The fourth-order valence-corrected chi connectivity index (χ4v) is 2.49. The number of ether oxygens (including phenoxy) is 2. The molecule has 2 aromatic carbocycles. The number of methoxy groups -OCH3 is 2. The molecule has 0 aliphatic carbocycles. The van der Waals surface area contributed by atoms with Crippen LogP contribution in [0.2, 0.25) is 0 Å². The van der Waals surface area contributed by atoms with Gasteiger partial charge in [-0.15, -0.1) is 0 Å². The van der Waals surface area contributed by atoms with Crippen LogP contribution in [0.1, 0.15) is 18.4 Å². The third kappa shape index (κ3) is 4.84. The van der Waals surface area contributed by atoms with Crippen LogP contribution in [0.4, 0.5) is 14.5 Å². The van der Waals surface area contributed by atoms with Gasteiger partial charge in [-0.25, -0.2) is 8.78 Å². The molecule has 0 amide bonds. The topological polar surface area (TPSA) is 54.9 Å². The molecule has 0 aliphatic rings. The third-order valence-corrected chi connectivity index (χ3v) is 3.94. The smallest absolute Gasteiger partial charge is 0.195 e. The van der Waals surface area contributed by atoms with Gasteiger partial charge >= 0.3 is 0 Å². The standard InChI is InChI=1S/C19H23F2N3O2/c1-12(15-7-5-13(20)9-16(15)21)11-23-19(22-2)24-14-6-8-17(25-3)18(10-14)26-4/h5-10,12H,11H2,1-4H3,(H2,22,23,24). The van der Waals surface area contributed by atoms with E-state index >= 15 is 0 Å². The van der Waals surface area contributed by atoms with Crippen molar-refractivity contribution in [2.24, 2.45) is 4.99 Å². The molecule has 1 unspecified atom stereocenters. The Labute approximate surface area is 152 Å². The molecule has 0 saturated carbocycles. The molecule has 26 heavy (non-hydrogen) atoms. The fourth-order valence-electron chi connectivity index (χ4n) is 2.49. The van der Waals surface area contributed by atoms with Gasteiger partial charge in [-0.05, 0) is 23.8 Å². The molecule has 0 bridgehead atoms. The first kappa shape index (κ1) is 19.5. The summed E-state index contributed by atoms with van der Waals surface area (Å²) in [6.45, 7) is 2.28. The van der Waals surface area contributed by atoms with E-state index in [-0.39, 0.29) is 5.92 Å². The summed E-state index contributed by atoms with van der Waals surface area (Å²) in [5, 5.41) is 6.27. The second-order valence-electron chi connectivity index (χ2n) is 5.71. The first-order chi connectivity index (χ1) is 12.5. The van der Waals surface area contributed by atoms with Crippen molar-refractivity contribution in [2.75, 3.05) is 33.1 Å². The second-order valence-corrected chi connectivity index (χ2v) is 5.71. The van der Waals surface area contributed by atoms with Gasteiger partial charge in [0.15, 0.2) is 17.5 Å². The van der Waals surface area contributed by atoms with Crippen LogP contribution in [0.15, 0.2) is 41.4 Å². The van der Waals surface area contributed by atoms with E-state index in [1.54, 1.807) is 33.4 Å². The summed E-state index contributed by atoms with van der Waals surface area (Å²) in [5.74, 6) is 0.432. The van der Waals surface area contributed by atoms with Gasteiger partial charge in [0, 0.05) is 37.3 Å². The Hall–Kier alpha value is -2.83. The maximum atomic E-state index is 13.9. The number of hydrogen-bond donors (Lipinski definition) is 2. The molecule has 7 heteroatoms. The predicted molar refractivity (Wildman–Crippen MR) is 99.3 cm³/mol. The van der Waals surface area contributed by atoms with Crippen molar-refractivity contribution < 1.29 is 18.3 Å². The molecule has 1 atom stereocenters. The van der Waals surface area contributed by atoms with E-state index in [1.165, 1.54) is 12.1 Å². The molecule has 0 saturated heterocycles. The third-order valence-electron chi connectivity index (χ3n) is 3.94. The highest BCUT2D eigenvalue weighted by atomic mass is 19.1. The van der Waals surface area contributed by atoms with Gasteiger partial charge in [0.05, 0.1) is 14.2 Å². The van der Waals surface area contributed by atoms with E-state index in [0.717, 1.165) is 11.8 Å². The van der Waals surface area contributed by atoms with Crippen molar-refractivity contribution >= 4 is 11.6 Å². The lowest BCUT2D eigenvalue weighted by atomic mass is 10.0. The van der Waals surface area contributed by atoms with E-state index in [9.17, 15) is 8.78 Å². The van der Waals surface area contributed by atoms with Crippen LogP contribution < -0.4 is 20.1 Å². The minimum absolute atomic E-state index is 0.167. The molecule has 140 valence electrons. The van der Waals surface area contributed by atoms with Gasteiger partial charge in [-0.2, -0.15) is 0 Å². The van der Waals surface area contributed by atoms with Crippen molar-refractivity contribution in [3.8, 4) is 11.5 Å². The Morgan fingerprint density at radius 1 is 1.08 bits per heavy atom. The molecule has 0 spiro atoms. The van der Waals surface area contributed by atoms with Crippen LogP contribution in [-0.4, -0.2) is 33.8 Å². The minimum Gasteiger partial charge on any atom is -0.493 e. The molecule has 2 N–H and O–H groups in total. The van der Waals surface area contributed by atoms with Crippen LogP contribution >= 0.6 is 0 Å². The maximum Gasteiger partial charge on any atom is 0.195 e. The highest BCUT2D eigenvalue weighted by molar-refractivity contribution is 5.93. The number of aliphatic imine (C=N–C) groups is 1. The number of nitrogens with zero attached hydrogens (tertiary/aromatic N) is 1. The summed E-state index contributed by atoms with van der Waals surface area (Å²) in [7, 11) is 4.77. The molecule has 2 rings (SSSR count). The highest BCUT2D eigenvalue weighted by Gasteiger charge is 2.13. The largest absolute Gasteiger partial charge is 0.493 e. The van der Waals surface area contributed by atoms with E-state index in [0.29, 0.717) is 29.6 Å². The maximum absolute atomic E-state index is 13.9. The lowest BCUT2D eigenvalue weighted by Gasteiger charge is -2.17. The summed E-state index contributed by atoms with van der Waals surface area (Å²) in [6, 6.07) is 9.01. The van der Waals surface area contributed by atoms with Crippen molar-refractivity contribution in [2.45, 2.75) is 12.8 Å². The van der Waals surface area contributed by atoms with Gasteiger partial charge in [0.2, 0.25) is 0 Å². The number of rotatable bonds is 6. The number of guanidine groups is 1. The van der Waals surface area contributed by atoms with Crippen LogP contribution in [0.25, 0.3) is 0 Å². The summed E-state index contributed by atoms with van der Waals surface area (Å²) in [5.41, 5.74) is 1.21. The highest BCUT2D eigenvalue weighted by Crippen LogP contribution is 2.29. The number of nitrogens with one attached hydrogen (secondary N) is 2. The normalized spacial score (nSPS) is 12.5. The zero-order valence-corrected chi connectivity index (χ0v) is 15.3. The average Bonchev–Trinajstić information content (AvgIpc) is 2.64. The van der Waals surface area contributed by atoms with Gasteiger partial charge < -0.3 is 20.1 Å². The molecule has 0 fully saturated rings. The first-order valence-electron chi connectivity index (χ1n) is 8.13. The number of hydrogen-bond acceptors (Lipinski definition) is 3. The van der Waals surface area contributed by atoms with Crippen molar-refractivity contribution in [3.05, 3.63) is 53.6 Å². The molecule has 0 aliphatic heterocycles. The summed E-state index contributed by atoms with van der Waals surface area (Å²) >= 11 is 0. The van der Waals surface area contributed by atoms with Crippen LogP contribution in [-0.2, 0) is 0 Å². The first-order valence-corrected chi connectivity index (χ1v) is 8.13. The zero-order valence-electron chi connectivity index (χ0n) is 15.3. The van der Waals surface area contributed by atoms with E-state index < -0.39 is 11.6 Å². The van der Waals surface area contributed by atoms with Crippen LogP contribution in [0.3, 0.4) is 0 Å². The van der Waals surface area contributed by atoms with E-state index in [4.69, 9.17) is 9.47 Å². The summed E-state index contributed by atoms with van der Waals surface area (Å²) < 4.78 is 37.4. The number of benzene rings is 2.